The van der Waals surface area contributed by atoms with E-state index in [9.17, 15) is 13.8 Å². The minimum absolute atomic E-state index is 0.0867. The zero-order valence-electron chi connectivity index (χ0n) is 15.4. The van der Waals surface area contributed by atoms with E-state index in [2.05, 4.69) is 20.6 Å². The highest BCUT2D eigenvalue weighted by Crippen LogP contribution is 2.36. The number of aliphatic imine (C=N–C) groups is 1. The third kappa shape index (κ3) is 5.04. The first kappa shape index (κ1) is 20.2. The maximum atomic E-state index is 13.4. The van der Waals surface area contributed by atoms with Crippen molar-refractivity contribution in [1.82, 2.24) is 15.8 Å². The summed E-state index contributed by atoms with van der Waals surface area (Å²) in [5.74, 6) is 0.479. The van der Waals surface area contributed by atoms with E-state index in [0.717, 1.165) is 24.0 Å². The Kier molecular flexibility index (Phi) is 6.25. The average molecular weight is 410 g/mol. The number of hydrogen-bond donors (Lipinski definition) is 4. The summed E-state index contributed by atoms with van der Waals surface area (Å²) >= 11 is 0. The van der Waals surface area contributed by atoms with Gasteiger partial charge in [-0.3, -0.25) is 24.7 Å². The molecule has 2 atom stereocenters. The second-order valence-corrected chi connectivity index (χ2v) is 9.23. The van der Waals surface area contributed by atoms with Crippen LogP contribution in [0, 0.1) is 10.6 Å². The molecule has 0 saturated carbocycles. The van der Waals surface area contributed by atoms with Gasteiger partial charge < -0.3 is 5.32 Å². The molecule has 28 heavy (non-hydrogen) atoms. The molecule has 11 heteroatoms. The Morgan fingerprint density at radius 1 is 1.43 bits per heavy atom. The van der Waals surface area contributed by atoms with E-state index in [1.165, 1.54) is 18.4 Å². The van der Waals surface area contributed by atoms with Crippen molar-refractivity contribution in [3.63, 3.8) is 0 Å². The molecule has 0 radical (unpaired) electrons. The van der Waals surface area contributed by atoms with Crippen LogP contribution in [-0.4, -0.2) is 44.1 Å². The van der Waals surface area contributed by atoms with Crippen LogP contribution >= 0.6 is 0 Å². The Bertz CT molecular complexity index is 960. The van der Waals surface area contributed by atoms with E-state index in [1.807, 2.05) is 5.48 Å². The fraction of sp³-hybridized carbons (Fsp3) is 0.471. The molecule has 9 nitrogen and oxygen atoms in total. The number of aromatic nitrogens is 2. The second kappa shape index (κ2) is 8.65. The summed E-state index contributed by atoms with van der Waals surface area (Å²) in [7, 11) is -2.44. The Morgan fingerprint density at radius 2 is 2.25 bits per heavy atom. The SMILES string of the molecule is CS(=N)(=O)CCCCCNc1nonc1C(=N[C@H]1Cc2ccc(F)cc21)NO. The zero-order valence-corrected chi connectivity index (χ0v) is 16.3. The summed E-state index contributed by atoms with van der Waals surface area (Å²) < 4.78 is 36.9. The Hall–Kier alpha value is -2.53. The smallest absolute Gasteiger partial charge is 0.202 e. The van der Waals surface area contributed by atoms with Crippen molar-refractivity contribution >= 4 is 21.4 Å². The lowest BCUT2D eigenvalue weighted by atomic mass is 9.83. The van der Waals surface area contributed by atoms with Gasteiger partial charge in [-0.05, 0) is 52.8 Å². The van der Waals surface area contributed by atoms with Crippen LogP contribution in [0.2, 0.25) is 0 Å². The lowest BCUT2D eigenvalue weighted by Gasteiger charge is -2.27. The lowest BCUT2D eigenvalue weighted by Crippen LogP contribution is -2.26. The molecule has 2 aromatic rings. The first-order chi connectivity index (χ1) is 13.4. The number of nitrogens with zero attached hydrogens (tertiary/aromatic N) is 3. The van der Waals surface area contributed by atoms with Gasteiger partial charge in [0.1, 0.15) is 5.82 Å². The number of unbranched alkanes of at least 4 members (excludes halogenated alkanes) is 2. The number of hydrogen-bond acceptors (Lipinski definition) is 8. The van der Waals surface area contributed by atoms with Crippen molar-refractivity contribution in [3.05, 3.63) is 40.8 Å². The predicted octanol–water partition coefficient (Wildman–Crippen LogP) is 2.49. The van der Waals surface area contributed by atoms with Gasteiger partial charge in [-0.2, -0.15) is 0 Å². The minimum atomic E-state index is -2.44. The molecule has 0 aliphatic heterocycles. The molecule has 1 unspecified atom stereocenters. The number of anilines is 1. The molecule has 1 aliphatic carbocycles. The summed E-state index contributed by atoms with van der Waals surface area (Å²) in [6, 6.07) is 4.30. The highest BCUT2D eigenvalue weighted by molar-refractivity contribution is 7.91. The summed E-state index contributed by atoms with van der Waals surface area (Å²) in [6.45, 7) is 0.570. The molecule has 0 spiro atoms. The molecule has 1 aromatic heterocycles. The molecule has 1 aromatic carbocycles. The number of benzene rings is 1. The van der Waals surface area contributed by atoms with Crippen molar-refractivity contribution in [2.75, 3.05) is 23.9 Å². The van der Waals surface area contributed by atoms with Gasteiger partial charge in [0, 0.05) is 28.3 Å². The van der Waals surface area contributed by atoms with Gasteiger partial charge in [0.05, 0.1) is 6.04 Å². The van der Waals surface area contributed by atoms with E-state index < -0.39 is 9.73 Å². The molecule has 0 saturated heterocycles. The molecule has 152 valence electrons. The van der Waals surface area contributed by atoms with Gasteiger partial charge in [0.15, 0.2) is 11.5 Å². The van der Waals surface area contributed by atoms with Crippen LogP contribution < -0.4 is 10.8 Å². The molecule has 1 heterocycles. The van der Waals surface area contributed by atoms with Crippen LogP contribution in [0.25, 0.3) is 0 Å². The van der Waals surface area contributed by atoms with Gasteiger partial charge in [-0.1, -0.05) is 12.5 Å². The van der Waals surface area contributed by atoms with E-state index in [0.29, 0.717) is 31.0 Å². The topological polar surface area (TPSA) is 136 Å². The third-order valence-electron chi connectivity index (χ3n) is 4.49. The van der Waals surface area contributed by atoms with Gasteiger partial charge in [-0.15, -0.1) is 0 Å². The predicted molar refractivity (Wildman–Crippen MR) is 103 cm³/mol. The molecule has 0 amide bonds. The quantitative estimate of drug-likeness (QED) is 0.216. The molecule has 1 aliphatic rings. The van der Waals surface area contributed by atoms with Gasteiger partial charge in [-0.25, -0.2) is 9.02 Å². The standard InChI is InChI=1S/C17H23FN6O3S/c1-28(19,26)8-4-2-3-7-20-16-15(23-27-24-16)17(22-25)21-14-9-11-5-6-12(18)10-13(11)14/h5-6,10,14,19,25H,2-4,7-9H2,1H3,(H,20,24)(H,21,22)/t14-,28?/m0/s1. The second-order valence-electron chi connectivity index (χ2n) is 6.81. The van der Waals surface area contributed by atoms with E-state index in [4.69, 9.17) is 9.41 Å². The molecular formula is C17H23FN6O3S. The highest BCUT2D eigenvalue weighted by atomic mass is 32.2. The average Bonchev–Trinajstić information content (AvgIpc) is 3.08. The van der Waals surface area contributed by atoms with Gasteiger partial charge in [0.25, 0.3) is 0 Å². The maximum absolute atomic E-state index is 13.4. The fourth-order valence-corrected chi connectivity index (χ4v) is 3.76. The number of amidine groups is 1. The van der Waals surface area contributed by atoms with Crippen molar-refractivity contribution in [2.24, 2.45) is 4.99 Å². The first-order valence-corrected chi connectivity index (χ1v) is 11.1. The first-order valence-electron chi connectivity index (χ1n) is 8.92. The minimum Gasteiger partial charge on any atom is -0.365 e. The molecule has 3 rings (SSSR count). The van der Waals surface area contributed by atoms with E-state index in [1.54, 1.807) is 6.07 Å². The third-order valence-corrected chi connectivity index (χ3v) is 5.55. The number of rotatable bonds is 9. The molecular weight excluding hydrogens is 387 g/mol. The van der Waals surface area contributed by atoms with Crippen LogP contribution in [0.4, 0.5) is 10.2 Å². The number of hydroxylamine groups is 1. The van der Waals surface area contributed by atoms with Crippen molar-refractivity contribution in [3.8, 4) is 0 Å². The Labute approximate surface area is 162 Å². The van der Waals surface area contributed by atoms with Gasteiger partial charge >= 0.3 is 0 Å². The largest absolute Gasteiger partial charge is 0.365 e. The van der Waals surface area contributed by atoms with Crippen LogP contribution in [-0.2, 0) is 16.1 Å². The highest BCUT2D eigenvalue weighted by Gasteiger charge is 2.28. The fourth-order valence-electron chi connectivity index (χ4n) is 3.01. The molecule has 0 bridgehead atoms. The summed E-state index contributed by atoms with van der Waals surface area (Å²) in [4.78, 5) is 4.40. The monoisotopic (exact) mass is 410 g/mol. The molecule has 0 fully saturated rings. The zero-order chi connectivity index (χ0) is 20.1. The van der Waals surface area contributed by atoms with Crippen molar-refractivity contribution < 1.29 is 18.4 Å². The van der Waals surface area contributed by atoms with Crippen LogP contribution in [0.15, 0.2) is 27.8 Å². The van der Waals surface area contributed by atoms with Crippen LogP contribution in [0.3, 0.4) is 0 Å². The van der Waals surface area contributed by atoms with E-state index >= 15 is 0 Å². The number of nitrogens with one attached hydrogen (secondary N) is 3. The normalized spacial score (nSPS) is 18.1. The van der Waals surface area contributed by atoms with Crippen molar-refractivity contribution in [2.45, 2.75) is 31.7 Å². The maximum Gasteiger partial charge on any atom is 0.202 e. The van der Waals surface area contributed by atoms with E-state index in [-0.39, 0.29) is 23.4 Å². The summed E-state index contributed by atoms with van der Waals surface area (Å²) in [5.41, 5.74) is 4.05. The summed E-state index contributed by atoms with van der Waals surface area (Å²) in [5, 5.41) is 20.1. The van der Waals surface area contributed by atoms with Crippen LogP contribution in [0.1, 0.15) is 42.1 Å². The summed E-state index contributed by atoms with van der Waals surface area (Å²) in [6.07, 6.45) is 4.41. The van der Waals surface area contributed by atoms with Crippen LogP contribution in [0.5, 0.6) is 0 Å². The Morgan fingerprint density at radius 3 is 3.00 bits per heavy atom. The lowest BCUT2D eigenvalue weighted by molar-refractivity contribution is 0.232. The van der Waals surface area contributed by atoms with Crippen molar-refractivity contribution in [1.29, 1.82) is 4.78 Å². The molecule has 4 N–H and O–H groups in total. The van der Waals surface area contributed by atoms with Gasteiger partial charge in [0.2, 0.25) is 5.82 Å². The number of halogens is 1. The number of fused-ring (bicyclic) bond motifs is 1. The Balaban J connectivity index is 1.58.